The first-order chi connectivity index (χ1) is 9.67. The Bertz CT molecular complexity index is 566. The molecule has 0 aliphatic carbocycles. The maximum atomic E-state index is 6.24. The zero-order valence-corrected chi connectivity index (χ0v) is 12.2. The Morgan fingerprint density at radius 1 is 1.30 bits per heavy atom. The summed E-state index contributed by atoms with van der Waals surface area (Å²) in [5.74, 6) is 0.531. The maximum Gasteiger partial charge on any atom is 0.216 e. The first-order valence-corrected chi connectivity index (χ1v) is 6.85. The molecule has 20 heavy (non-hydrogen) atoms. The van der Waals surface area contributed by atoms with Crippen LogP contribution in [0.3, 0.4) is 0 Å². The molecule has 0 radical (unpaired) electrons. The van der Waals surface area contributed by atoms with E-state index in [1.165, 1.54) is 6.33 Å². The second-order valence-corrected chi connectivity index (χ2v) is 4.59. The van der Waals surface area contributed by atoms with Crippen LogP contribution < -0.4 is 10.5 Å². The third kappa shape index (κ3) is 3.14. The second-order valence-electron chi connectivity index (χ2n) is 4.59. The molecule has 0 saturated heterocycles. The van der Waals surface area contributed by atoms with Crippen LogP contribution in [-0.2, 0) is 19.4 Å². The van der Waals surface area contributed by atoms with Crippen LogP contribution in [0.15, 0.2) is 18.5 Å². The zero-order chi connectivity index (χ0) is 14.5. The number of aryl methyl sites for hydroxylation is 2. The van der Waals surface area contributed by atoms with Crippen LogP contribution >= 0.6 is 0 Å². The minimum Gasteiger partial charge on any atom is -0.481 e. The molecule has 6 heteroatoms. The van der Waals surface area contributed by atoms with E-state index >= 15 is 0 Å². The lowest BCUT2D eigenvalue weighted by Crippen LogP contribution is -2.17. The van der Waals surface area contributed by atoms with Gasteiger partial charge < -0.3 is 10.5 Å². The highest BCUT2D eigenvalue weighted by Gasteiger charge is 2.14. The van der Waals surface area contributed by atoms with Crippen LogP contribution in [0.2, 0.25) is 0 Å². The number of nitrogens with two attached hydrogens (primary N) is 1. The highest BCUT2D eigenvalue weighted by molar-refractivity contribution is 5.19. The van der Waals surface area contributed by atoms with Crippen LogP contribution in [0.1, 0.15) is 37.0 Å². The number of nitrogens with zero attached hydrogens (tertiary/aromatic N) is 4. The lowest BCUT2D eigenvalue weighted by Gasteiger charge is -2.12. The van der Waals surface area contributed by atoms with Gasteiger partial charge in [-0.05, 0) is 19.4 Å². The molecule has 1 atom stereocenters. The fourth-order valence-corrected chi connectivity index (χ4v) is 2.12. The van der Waals surface area contributed by atoms with Crippen LogP contribution in [0, 0.1) is 0 Å². The molecule has 0 amide bonds. The quantitative estimate of drug-likeness (QED) is 0.864. The van der Waals surface area contributed by atoms with Crippen molar-refractivity contribution in [1.82, 2.24) is 19.7 Å². The largest absolute Gasteiger partial charge is 0.481 e. The van der Waals surface area contributed by atoms with E-state index in [9.17, 15) is 0 Å². The van der Waals surface area contributed by atoms with E-state index in [0.29, 0.717) is 12.3 Å². The van der Waals surface area contributed by atoms with Crippen molar-refractivity contribution in [2.75, 3.05) is 7.11 Å². The van der Waals surface area contributed by atoms with Crippen LogP contribution in [-0.4, -0.2) is 26.9 Å². The topological polar surface area (TPSA) is 78.9 Å². The molecule has 1 unspecified atom stereocenters. The van der Waals surface area contributed by atoms with Crippen molar-refractivity contribution >= 4 is 0 Å². The fraction of sp³-hybridized carbons (Fsp3) is 0.500. The number of methoxy groups -OCH3 is 1. The average molecular weight is 275 g/mol. The Labute approximate surface area is 119 Å². The molecule has 2 aromatic heterocycles. The highest BCUT2D eigenvalue weighted by Crippen LogP contribution is 2.18. The predicted molar refractivity (Wildman–Crippen MR) is 76.5 cm³/mol. The summed E-state index contributed by atoms with van der Waals surface area (Å²) >= 11 is 0. The minimum atomic E-state index is -0.196. The van der Waals surface area contributed by atoms with Gasteiger partial charge in [0.15, 0.2) is 0 Å². The van der Waals surface area contributed by atoms with Crippen molar-refractivity contribution in [3.8, 4) is 5.88 Å². The summed E-state index contributed by atoms with van der Waals surface area (Å²) < 4.78 is 7.09. The number of ether oxygens (including phenoxy) is 1. The van der Waals surface area contributed by atoms with Crippen molar-refractivity contribution in [2.24, 2.45) is 5.73 Å². The Hall–Kier alpha value is -1.95. The van der Waals surface area contributed by atoms with Gasteiger partial charge in [-0.3, -0.25) is 4.68 Å². The third-order valence-electron chi connectivity index (χ3n) is 3.26. The molecule has 0 fully saturated rings. The number of hydrogen-bond acceptors (Lipinski definition) is 5. The summed E-state index contributed by atoms with van der Waals surface area (Å²) in [7, 11) is 1.58. The van der Waals surface area contributed by atoms with E-state index in [0.717, 1.165) is 30.0 Å². The average Bonchev–Trinajstić information content (AvgIpc) is 2.89. The molecular weight excluding hydrogens is 254 g/mol. The van der Waals surface area contributed by atoms with Gasteiger partial charge in [0.2, 0.25) is 5.88 Å². The summed E-state index contributed by atoms with van der Waals surface area (Å²) in [4.78, 5) is 8.21. The molecule has 0 aliphatic rings. The molecule has 0 bridgehead atoms. The molecule has 2 aromatic rings. The zero-order valence-electron chi connectivity index (χ0n) is 12.2. The molecule has 108 valence electrons. The summed E-state index contributed by atoms with van der Waals surface area (Å²) in [5, 5.41) is 4.53. The molecule has 6 nitrogen and oxygen atoms in total. The van der Waals surface area contributed by atoms with Gasteiger partial charge in [0.1, 0.15) is 6.33 Å². The van der Waals surface area contributed by atoms with E-state index in [4.69, 9.17) is 10.5 Å². The van der Waals surface area contributed by atoms with Gasteiger partial charge in [0.25, 0.3) is 0 Å². The lowest BCUT2D eigenvalue weighted by atomic mass is 10.1. The molecule has 2 N–H and O–H groups in total. The first-order valence-electron chi connectivity index (χ1n) is 6.85. The lowest BCUT2D eigenvalue weighted by molar-refractivity contribution is 0.395. The number of aromatic nitrogens is 4. The Kier molecular flexibility index (Phi) is 4.68. The summed E-state index contributed by atoms with van der Waals surface area (Å²) in [6.45, 7) is 5.02. The van der Waals surface area contributed by atoms with Crippen molar-refractivity contribution in [2.45, 2.75) is 39.3 Å². The predicted octanol–water partition coefficient (Wildman–Crippen LogP) is 1.51. The van der Waals surface area contributed by atoms with Gasteiger partial charge in [-0.1, -0.05) is 6.92 Å². The number of rotatable bonds is 6. The monoisotopic (exact) mass is 275 g/mol. The molecule has 0 aromatic carbocycles. The normalized spacial score (nSPS) is 12.4. The van der Waals surface area contributed by atoms with E-state index in [1.807, 2.05) is 4.68 Å². The van der Waals surface area contributed by atoms with Crippen molar-refractivity contribution in [1.29, 1.82) is 0 Å². The van der Waals surface area contributed by atoms with Crippen LogP contribution in [0.4, 0.5) is 0 Å². The summed E-state index contributed by atoms with van der Waals surface area (Å²) in [6, 6.07) is 3.69. The van der Waals surface area contributed by atoms with E-state index < -0.39 is 0 Å². The Balaban J connectivity index is 2.18. The number of hydrogen-bond donors (Lipinski definition) is 1. The van der Waals surface area contributed by atoms with Gasteiger partial charge in [0.05, 0.1) is 24.5 Å². The summed E-state index contributed by atoms with van der Waals surface area (Å²) in [6.07, 6.45) is 3.10. The van der Waals surface area contributed by atoms with Crippen molar-refractivity contribution in [3.05, 3.63) is 35.5 Å². The maximum absolute atomic E-state index is 6.24. The third-order valence-corrected chi connectivity index (χ3v) is 3.26. The van der Waals surface area contributed by atoms with Crippen molar-refractivity contribution < 1.29 is 4.74 Å². The molecular formula is C14H21N5O. The Morgan fingerprint density at radius 3 is 2.75 bits per heavy atom. The van der Waals surface area contributed by atoms with Crippen LogP contribution in [0.5, 0.6) is 5.88 Å². The SMILES string of the molecule is CCc1cc(CC(N)c2cc(OC)ncn2)n(CC)n1. The smallest absolute Gasteiger partial charge is 0.216 e. The highest BCUT2D eigenvalue weighted by atomic mass is 16.5. The van der Waals surface area contributed by atoms with Crippen LogP contribution in [0.25, 0.3) is 0 Å². The van der Waals surface area contributed by atoms with E-state index in [-0.39, 0.29) is 6.04 Å². The first kappa shape index (κ1) is 14.5. The van der Waals surface area contributed by atoms with Crippen molar-refractivity contribution in [3.63, 3.8) is 0 Å². The summed E-state index contributed by atoms with van der Waals surface area (Å²) in [5.41, 5.74) is 9.24. The van der Waals surface area contributed by atoms with Gasteiger partial charge in [-0.25, -0.2) is 9.97 Å². The molecule has 2 heterocycles. The van der Waals surface area contributed by atoms with Gasteiger partial charge in [0, 0.05) is 24.7 Å². The second kappa shape index (κ2) is 6.47. The molecule has 2 rings (SSSR count). The van der Waals surface area contributed by atoms with Gasteiger partial charge in [-0.15, -0.1) is 0 Å². The minimum absolute atomic E-state index is 0.196. The fourth-order valence-electron chi connectivity index (χ4n) is 2.12. The molecule has 0 saturated carbocycles. The Morgan fingerprint density at radius 2 is 2.10 bits per heavy atom. The standard InChI is InChI=1S/C14H21N5O/c1-4-10-6-11(19(5-2)18-10)7-12(15)13-8-14(20-3)17-9-16-13/h6,8-9,12H,4-5,7,15H2,1-3H3. The van der Waals surface area contributed by atoms with Gasteiger partial charge >= 0.3 is 0 Å². The van der Waals surface area contributed by atoms with E-state index in [2.05, 4.69) is 35.0 Å². The van der Waals surface area contributed by atoms with Gasteiger partial charge in [-0.2, -0.15) is 5.10 Å². The van der Waals surface area contributed by atoms with E-state index in [1.54, 1.807) is 13.2 Å². The molecule has 0 aliphatic heterocycles. The molecule has 0 spiro atoms.